The molecule has 1 aliphatic heterocycles. The van der Waals surface area contributed by atoms with E-state index in [-0.39, 0.29) is 18.2 Å². The first kappa shape index (κ1) is 18.3. The van der Waals surface area contributed by atoms with Gasteiger partial charge in [0.25, 0.3) is 5.78 Å². The summed E-state index contributed by atoms with van der Waals surface area (Å²) in [6.07, 6.45) is -2.52. The smallest absolute Gasteiger partial charge is 0.375 e. The number of piperidine rings is 1. The van der Waals surface area contributed by atoms with Crippen molar-refractivity contribution in [3.8, 4) is 5.75 Å². The van der Waals surface area contributed by atoms with Crippen LogP contribution in [0.3, 0.4) is 0 Å². The zero-order chi connectivity index (χ0) is 18.1. The summed E-state index contributed by atoms with van der Waals surface area (Å²) in [6, 6.07) is 0.443. The second-order valence-electron chi connectivity index (χ2n) is 6.06. The Morgan fingerprint density at radius 1 is 1.25 bits per heavy atom. The van der Waals surface area contributed by atoms with Gasteiger partial charge in [0.05, 0.1) is 0 Å². The average Bonchev–Trinajstić information content (AvgIpc) is 2.54. The van der Waals surface area contributed by atoms with Crippen LogP contribution in [0, 0.1) is 5.92 Å². The number of aromatic hydroxyl groups is 1. The Morgan fingerprint density at radius 2 is 1.83 bits per heavy atom. The largest absolute Gasteiger partial charge is 0.508 e. The summed E-state index contributed by atoms with van der Waals surface area (Å²) in [7, 11) is 0. The zero-order valence-electron chi connectivity index (χ0n) is 13.0. The number of phenolic OH excluding ortho intramolecular Hbond substituents is 1. The normalized spacial score (nSPS) is 23.7. The van der Waals surface area contributed by atoms with E-state index in [1.165, 1.54) is 24.3 Å². The first-order chi connectivity index (χ1) is 11.1. The van der Waals surface area contributed by atoms with E-state index in [1.54, 1.807) is 6.92 Å². The van der Waals surface area contributed by atoms with E-state index in [0.29, 0.717) is 23.3 Å². The van der Waals surface area contributed by atoms with Gasteiger partial charge in [-0.15, -0.1) is 0 Å². The number of carboxylic acid groups (broad SMARTS) is 1. The van der Waals surface area contributed by atoms with E-state index in [0.717, 1.165) is 0 Å². The molecule has 0 radical (unpaired) electrons. The third-order valence-electron chi connectivity index (χ3n) is 4.22. The molecule has 1 aromatic carbocycles. The van der Waals surface area contributed by atoms with Crippen molar-refractivity contribution in [3.63, 3.8) is 0 Å². The molecular weight excluding hydrogens is 327 g/mol. The molecule has 0 saturated carbocycles. The Hall–Kier alpha value is -2.09. The molecule has 1 fully saturated rings. The predicted octanol–water partition coefficient (Wildman–Crippen LogP) is 2.75. The molecule has 3 unspecified atom stereocenters. The Labute approximate surface area is 136 Å². The highest BCUT2D eigenvalue weighted by Gasteiger charge is 2.55. The fourth-order valence-corrected chi connectivity index (χ4v) is 2.94. The van der Waals surface area contributed by atoms with Crippen LogP contribution in [0.15, 0.2) is 24.3 Å². The van der Waals surface area contributed by atoms with Gasteiger partial charge in [-0.2, -0.15) is 8.78 Å². The average molecular weight is 345 g/mol. The summed E-state index contributed by atoms with van der Waals surface area (Å²) in [4.78, 5) is 22.3. The van der Waals surface area contributed by atoms with Gasteiger partial charge in [0.2, 0.25) is 6.17 Å². The maximum absolute atomic E-state index is 14.5. The van der Waals surface area contributed by atoms with E-state index in [2.05, 4.69) is 0 Å². The first-order valence-corrected chi connectivity index (χ1v) is 7.49. The molecule has 1 heterocycles. The van der Waals surface area contributed by atoms with Crippen LogP contribution in [0.1, 0.15) is 31.4 Å². The molecule has 1 aromatic rings. The maximum Gasteiger partial charge on any atom is 0.375 e. The van der Waals surface area contributed by atoms with Gasteiger partial charge in [-0.1, -0.05) is 19.1 Å². The minimum atomic E-state index is -4.24. The highest BCUT2D eigenvalue weighted by Crippen LogP contribution is 2.42. The number of carbonyl (C=O) groups is 2. The quantitative estimate of drug-likeness (QED) is 0.634. The third kappa shape index (κ3) is 3.53. The van der Waals surface area contributed by atoms with Crippen LogP contribution in [0.2, 0.25) is 0 Å². The third-order valence-corrected chi connectivity index (χ3v) is 4.22. The molecule has 1 aliphatic rings. The lowest BCUT2D eigenvalue weighted by Gasteiger charge is -2.43. The van der Waals surface area contributed by atoms with Crippen LogP contribution in [-0.4, -0.2) is 45.6 Å². The summed E-state index contributed by atoms with van der Waals surface area (Å²) >= 11 is 0. The molecule has 0 amide bonds. The fraction of sp³-hybridized carbons (Fsp3) is 0.500. The summed E-state index contributed by atoms with van der Waals surface area (Å²) in [6.45, 7) is 1.55. The molecular formula is C16H18F3NO4. The minimum Gasteiger partial charge on any atom is -0.508 e. The number of ketones is 1. The number of hydrogen-bond donors (Lipinski definition) is 2. The number of halogens is 3. The van der Waals surface area contributed by atoms with E-state index >= 15 is 0 Å². The Bertz CT molecular complexity index is 620. The van der Waals surface area contributed by atoms with Crippen LogP contribution in [-0.2, 0) is 9.59 Å². The number of alkyl halides is 3. The number of phenols is 1. The molecule has 2 rings (SSSR count). The van der Waals surface area contributed by atoms with Gasteiger partial charge in [0, 0.05) is 12.6 Å². The molecule has 0 bridgehead atoms. The standard InChI is InChI=1S/C16H18F3NO4/c1-9-2-7-12(10-3-5-11(21)6-4-10)20(8-9)16(18,19)14(17)13(22)15(23)24/h3-6,9,12,14,21H,2,7-8H2,1H3,(H,23,24). The van der Waals surface area contributed by atoms with Crippen LogP contribution in [0.25, 0.3) is 0 Å². The van der Waals surface area contributed by atoms with E-state index < -0.39 is 30.0 Å². The van der Waals surface area contributed by atoms with Crippen molar-refractivity contribution in [2.24, 2.45) is 5.92 Å². The Morgan fingerprint density at radius 3 is 2.38 bits per heavy atom. The number of rotatable bonds is 5. The van der Waals surface area contributed by atoms with Crippen LogP contribution >= 0.6 is 0 Å². The lowest BCUT2D eigenvalue weighted by atomic mass is 9.89. The highest BCUT2D eigenvalue weighted by molar-refractivity contribution is 6.34. The van der Waals surface area contributed by atoms with E-state index in [9.17, 15) is 27.9 Å². The molecule has 2 N–H and O–H groups in total. The van der Waals surface area contributed by atoms with Crippen LogP contribution in [0.5, 0.6) is 5.75 Å². The summed E-state index contributed by atoms with van der Waals surface area (Å²) in [5.41, 5.74) is 0.439. The van der Waals surface area contributed by atoms with Crippen LogP contribution < -0.4 is 0 Å². The second-order valence-corrected chi connectivity index (χ2v) is 6.06. The van der Waals surface area contributed by atoms with Gasteiger partial charge in [0.15, 0.2) is 0 Å². The molecule has 3 atom stereocenters. The number of Topliss-reactive ketones (excluding diaryl/α,β-unsaturated/α-hetero) is 1. The Kier molecular flexibility index (Phi) is 5.17. The molecule has 8 heteroatoms. The minimum absolute atomic E-state index is 0.0364. The fourth-order valence-electron chi connectivity index (χ4n) is 2.94. The van der Waals surface area contributed by atoms with E-state index in [4.69, 9.17) is 5.11 Å². The number of hydrogen-bond acceptors (Lipinski definition) is 4. The van der Waals surface area contributed by atoms with Gasteiger partial charge < -0.3 is 10.2 Å². The molecule has 132 valence electrons. The number of benzene rings is 1. The van der Waals surface area contributed by atoms with Crippen molar-refractivity contribution in [1.29, 1.82) is 0 Å². The molecule has 0 spiro atoms. The number of likely N-dealkylation sites (tertiary alicyclic amines) is 1. The highest BCUT2D eigenvalue weighted by atomic mass is 19.3. The predicted molar refractivity (Wildman–Crippen MR) is 78.4 cm³/mol. The van der Waals surface area contributed by atoms with E-state index in [1.807, 2.05) is 0 Å². The molecule has 5 nitrogen and oxygen atoms in total. The molecule has 0 aliphatic carbocycles. The zero-order valence-corrected chi connectivity index (χ0v) is 13.0. The second kappa shape index (κ2) is 6.80. The van der Waals surface area contributed by atoms with Crippen molar-refractivity contribution in [3.05, 3.63) is 29.8 Å². The van der Waals surface area contributed by atoms with Crippen molar-refractivity contribution in [2.45, 2.75) is 38.0 Å². The SMILES string of the molecule is CC1CCC(c2ccc(O)cc2)N(C(F)(F)C(F)C(=O)C(=O)O)C1. The van der Waals surface area contributed by atoms with Gasteiger partial charge in [-0.25, -0.2) is 14.1 Å². The van der Waals surface area contributed by atoms with Crippen molar-refractivity contribution < 1.29 is 33.0 Å². The number of aliphatic carboxylic acids is 1. The van der Waals surface area contributed by atoms with Crippen molar-refractivity contribution in [2.75, 3.05) is 6.54 Å². The summed E-state index contributed by atoms with van der Waals surface area (Å²) < 4.78 is 43.0. The van der Waals surface area contributed by atoms with Crippen molar-refractivity contribution >= 4 is 11.8 Å². The summed E-state index contributed by atoms with van der Waals surface area (Å²) in [5, 5.41) is 17.8. The van der Waals surface area contributed by atoms with Gasteiger partial charge in [-0.3, -0.25) is 4.79 Å². The number of carboxylic acids is 1. The maximum atomic E-state index is 14.5. The summed E-state index contributed by atoms with van der Waals surface area (Å²) in [5.74, 6) is -4.59. The first-order valence-electron chi connectivity index (χ1n) is 7.49. The van der Waals surface area contributed by atoms with Crippen LogP contribution in [0.4, 0.5) is 13.2 Å². The monoisotopic (exact) mass is 345 g/mol. The number of carbonyl (C=O) groups excluding carboxylic acids is 1. The molecule has 1 saturated heterocycles. The lowest BCUT2D eigenvalue weighted by Crippen LogP contribution is -2.56. The number of nitrogens with zero attached hydrogens (tertiary/aromatic N) is 1. The molecule has 0 aromatic heterocycles. The Balaban J connectivity index is 2.35. The lowest BCUT2D eigenvalue weighted by molar-refractivity contribution is -0.219. The van der Waals surface area contributed by atoms with Gasteiger partial charge in [0.1, 0.15) is 5.75 Å². The van der Waals surface area contributed by atoms with Gasteiger partial charge in [-0.05, 0) is 36.5 Å². The molecule has 24 heavy (non-hydrogen) atoms. The van der Waals surface area contributed by atoms with Gasteiger partial charge >= 0.3 is 12.0 Å². The van der Waals surface area contributed by atoms with Crippen molar-refractivity contribution in [1.82, 2.24) is 4.90 Å². The topological polar surface area (TPSA) is 77.8 Å².